The molecule has 0 bridgehead atoms. The molecular weight excluding hydrogens is 232 g/mol. The Bertz CT molecular complexity index is 363. The van der Waals surface area contributed by atoms with Gasteiger partial charge >= 0.3 is 0 Å². The van der Waals surface area contributed by atoms with E-state index < -0.39 is 0 Å². The minimum Gasteiger partial charge on any atom is -0.369 e. The van der Waals surface area contributed by atoms with E-state index in [1.54, 1.807) is 0 Å². The summed E-state index contributed by atoms with van der Waals surface area (Å²) >= 11 is 0. The van der Waals surface area contributed by atoms with Gasteiger partial charge in [0.25, 0.3) is 0 Å². The smallest absolute Gasteiger partial charge is 0.0368 e. The van der Waals surface area contributed by atoms with Crippen molar-refractivity contribution < 1.29 is 0 Å². The molecule has 0 aromatic heterocycles. The Labute approximate surface area is 118 Å². The van der Waals surface area contributed by atoms with Gasteiger partial charge < -0.3 is 10.2 Å². The summed E-state index contributed by atoms with van der Waals surface area (Å²) < 4.78 is 0. The summed E-state index contributed by atoms with van der Waals surface area (Å²) in [6.07, 6.45) is 5.28. The Morgan fingerprint density at radius 2 is 1.68 bits per heavy atom. The summed E-state index contributed by atoms with van der Waals surface area (Å²) in [6, 6.07) is 10.5. The molecule has 2 rings (SSSR count). The number of nitrogens with one attached hydrogen (secondary N) is 1. The third-order valence-corrected chi connectivity index (χ3v) is 4.34. The summed E-state index contributed by atoms with van der Waals surface area (Å²) in [5.41, 5.74) is 2.73. The Kier molecular flexibility index (Phi) is 5.26. The zero-order valence-electron chi connectivity index (χ0n) is 12.7. The van der Waals surface area contributed by atoms with Crippen LogP contribution < -0.4 is 10.2 Å². The van der Waals surface area contributed by atoms with Gasteiger partial charge in [-0.15, -0.1) is 0 Å². The van der Waals surface area contributed by atoms with Gasteiger partial charge in [-0.3, -0.25) is 0 Å². The summed E-state index contributed by atoms with van der Waals surface area (Å²) in [7, 11) is 0. The first-order chi connectivity index (χ1) is 9.24. The molecule has 1 aromatic rings. The van der Waals surface area contributed by atoms with E-state index in [1.807, 2.05) is 0 Å². The van der Waals surface area contributed by atoms with E-state index in [-0.39, 0.29) is 0 Å². The fourth-order valence-electron chi connectivity index (χ4n) is 3.27. The van der Waals surface area contributed by atoms with Gasteiger partial charge in [-0.1, -0.05) is 24.6 Å². The molecule has 1 N–H and O–H groups in total. The summed E-state index contributed by atoms with van der Waals surface area (Å²) in [6.45, 7) is 8.85. The molecule has 19 heavy (non-hydrogen) atoms. The molecule has 0 unspecified atom stereocenters. The molecule has 0 heterocycles. The lowest BCUT2D eigenvalue weighted by Gasteiger charge is -2.38. The third kappa shape index (κ3) is 3.73. The Morgan fingerprint density at radius 3 is 2.21 bits per heavy atom. The zero-order valence-corrected chi connectivity index (χ0v) is 12.7. The lowest BCUT2D eigenvalue weighted by Crippen LogP contribution is -2.42. The lowest BCUT2D eigenvalue weighted by molar-refractivity contribution is 0.337. The van der Waals surface area contributed by atoms with Crippen LogP contribution in [0.1, 0.15) is 45.1 Å². The first-order valence-corrected chi connectivity index (χ1v) is 7.81. The van der Waals surface area contributed by atoms with Crippen molar-refractivity contribution in [2.24, 2.45) is 0 Å². The van der Waals surface area contributed by atoms with Crippen LogP contribution in [0.2, 0.25) is 0 Å². The normalized spacial score (nSPS) is 23.3. The number of anilines is 1. The number of hydrogen-bond donors (Lipinski definition) is 1. The third-order valence-electron chi connectivity index (χ3n) is 4.34. The van der Waals surface area contributed by atoms with E-state index in [2.05, 4.69) is 55.3 Å². The highest BCUT2D eigenvalue weighted by atomic mass is 15.2. The maximum absolute atomic E-state index is 3.59. The van der Waals surface area contributed by atoms with E-state index in [4.69, 9.17) is 0 Å². The standard InChI is InChI=1S/C17H28N2/c1-4-18-15-8-12-17(13-9-15)19(5-2)16-10-6-14(3)7-11-16/h6-7,10-11,15,17-18H,4-5,8-9,12-13H2,1-3H3. The fourth-order valence-corrected chi connectivity index (χ4v) is 3.27. The van der Waals surface area contributed by atoms with Crippen LogP contribution in [0.4, 0.5) is 5.69 Å². The molecule has 0 saturated heterocycles. The zero-order chi connectivity index (χ0) is 13.7. The van der Waals surface area contributed by atoms with Crippen LogP contribution in [0.15, 0.2) is 24.3 Å². The average molecular weight is 260 g/mol. The number of aryl methyl sites for hydroxylation is 1. The predicted molar refractivity (Wildman–Crippen MR) is 83.9 cm³/mol. The maximum Gasteiger partial charge on any atom is 0.0368 e. The van der Waals surface area contributed by atoms with Crippen molar-refractivity contribution in [3.63, 3.8) is 0 Å². The summed E-state index contributed by atoms with van der Waals surface area (Å²) in [5.74, 6) is 0. The monoisotopic (exact) mass is 260 g/mol. The molecule has 0 atom stereocenters. The Balaban J connectivity index is 1.97. The molecule has 2 nitrogen and oxygen atoms in total. The fraction of sp³-hybridized carbons (Fsp3) is 0.647. The summed E-state index contributed by atoms with van der Waals surface area (Å²) in [5, 5.41) is 3.59. The highest BCUT2D eigenvalue weighted by Gasteiger charge is 2.24. The molecule has 1 fully saturated rings. The first kappa shape index (κ1) is 14.4. The topological polar surface area (TPSA) is 15.3 Å². The molecule has 0 radical (unpaired) electrons. The van der Waals surface area contributed by atoms with Crippen molar-refractivity contribution in [1.29, 1.82) is 0 Å². The van der Waals surface area contributed by atoms with Crippen molar-refractivity contribution in [2.75, 3.05) is 18.0 Å². The minimum absolute atomic E-state index is 0.725. The van der Waals surface area contributed by atoms with Crippen LogP contribution in [-0.2, 0) is 0 Å². The van der Waals surface area contributed by atoms with Crippen molar-refractivity contribution in [3.05, 3.63) is 29.8 Å². The number of nitrogens with zero attached hydrogens (tertiary/aromatic N) is 1. The van der Waals surface area contributed by atoms with Crippen molar-refractivity contribution >= 4 is 5.69 Å². The van der Waals surface area contributed by atoms with Gasteiger partial charge in [0.2, 0.25) is 0 Å². The second-order valence-electron chi connectivity index (χ2n) is 5.68. The number of benzene rings is 1. The van der Waals surface area contributed by atoms with Crippen LogP contribution in [0, 0.1) is 6.92 Å². The molecule has 1 aliphatic carbocycles. The molecular formula is C17H28N2. The minimum atomic E-state index is 0.725. The van der Waals surface area contributed by atoms with Gasteiger partial charge in [0, 0.05) is 24.3 Å². The lowest BCUT2D eigenvalue weighted by atomic mass is 9.89. The Hall–Kier alpha value is -1.02. The maximum atomic E-state index is 3.59. The molecule has 0 amide bonds. The Morgan fingerprint density at radius 1 is 1.05 bits per heavy atom. The van der Waals surface area contributed by atoms with Gasteiger partial charge in [-0.05, 0) is 58.2 Å². The molecule has 106 valence electrons. The highest BCUT2D eigenvalue weighted by molar-refractivity contribution is 5.48. The second kappa shape index (κ2) is 6.95. The largest absolute Gasteiger partial charge is 0.369 e. The van der Waals surface area contributed by atoms with E-state index in [0.29, 0.717) is 0 Å². The van der Waals surface area contributed by atoms with Gasteiger partial charge in [-0.2, -0.15) is 0 Å². The molecule has 0 aliphatic heterocycles. The van der Waals surface area contributed by atoms with Crippen LogP contribution in [-0.4, -0.2) is 25.2 Å². The first-order valence-electron chi connectivity index (χ1n) is 7.81. The quantitative estimate of drug-likeness (QED) is 0.867. The van der Waals surface area contributed by atoms with Crippen LogP contribution >= 0.6 is 0 Å². The molecule has 1 aromatic carbocycles. The molecule has 0 spiro atoms. The van der Waals surface area contributed by atoms with Crippen LogP contribution in [0.25, 0.3) is 0 Å². The van der Waals surface area contributed by atoms with E-state index in [1.165, 1.54) is 36.9 Å². The van der Waals surface area contributed by atoms with Crippen LogP contribution in [0.3, 0.4) is 0 Å². The summed E-state index contributed by atoms with van der Waals surface area (Å²) in [4.78, 5) is 2.58. The van der Waals surface area contributed by atoms with E-state index in [9.17, 15) is 0 Å². The molecule has 1 saturated carbocycles. The molecule has 2 heteroatoms. The second-order valence-corrected chi connectivity index (χ2v) is 5.68. The predicted octanol–water partition coefficient (Wildman–Crippen LogP) is 3.74. The number of rotatable bonds is 5. The average Bonchev–Trinajstić information content (AvgIpc) is 2.44. The van der Waals surface area contributed by atoms with Gasteiger partial charge in [0.15, 0.2) is 0 Å². The van der Waals surface area contributed by atoms with E-state index >= 15 is 0 Å². The highest BCUT2D eigenvalue weighted by Crippen LogP contribution is 2.27. The van der Waals surface area contributed by atoms with Crippen molar-refractivity contribution in [3.8, 4) is 0 Å². The van der Waals surface area contributed by atoms with Crippen LogP contribution in [0.5, 0.6) is 0 Å². The SMILES string of the molecule is CCNC1CCC(N(CC)c2ccc(C)cc2)CC1. The van der Waals surface area contributed by atoms with E-state index in [0.717, 1.165) is 25.2 Å². The molecule has 1 aliphatic rings. The van der Waals surface area contributed by atoms with Gasteiger partial charge in [0.05, 0.1) is 0 Å². The van der Waals surface area contributed by atoms with Crippen molar-refractivity contribution in [2.45, 2.75) is 58.5 Å². The van der Waals surface area contributed by atoms with Crippen molar-refractivity contribution in [1.82, 2.24) is 5.32 Å². The van der Waals surface area contributed by atoms with Gasteiger partial charge in [0.1, 0.15) is 0 Å². The number of hydrogen-bond acceptors (Lipinski definition) is 2. The van der Waals surface area contributed by atoms with Gasteiger partial charge in [-0.25, -0.2) is 0 Å².